The van der Waals surface area contributed by atoms with E-state index in [2.05, 4.69) is 38.1 Å². The predicted molar refractivity (Wildman–Crippen MR) is 126 cm³/mol. The molecule has 8 nitrogen and oxygen atoms in total. The summed E-state index contributed by atoms with van der Waals surface area (Å²) in [6.07, 6.45) is 6.60. The molecule has 3 heterocycles. The number of hydrogen-bond acceptors (Lipinski definition) is 6. The Bertz CT molecular complexity index is 1130. The van der Waals surface area contributed by atoms with Crippen LogP contribution in [0.2, 0.25) is 0 Å². The number of hydrogen-bond donors (Lipinski definition) is 3. The number of nitrogens with two attached hydrogens (primary N) is 1. The Morgan fingerprint density at radius 2 is 2.28 bits per heavy atom. The van der Waals surface area contributed by atoms with Crippen LogP contribution >= 0.6 is 0 Å². The van der Waals surface area contributed by atoms with Crippen molar-refractivity contribution in [2.45, 2.75) is 45.3 Å². The van der Waals surface area contributed by atoms with Crippen LogP contribution < -0.4 is 21.3 Å². The van der Waals surface area contributed by atoms with E-state index in [-0.39, 0.29) is 11.9 Å². The van der Waals surface area contributed by atoms with Gasteiger partial charge in [-0.05, 0) is 31.9 Å². The van der Waals surface area contributed by atoms with Gasteiger partial charge in [0.05, 0.1) is 18.8 Å². The van der Waals surface area contributed by atoms with Crippen LogP contribution in [-0.2, 0) is 13.1 Å². The molecule has 4 rings (SSSR count). The molecule has 1 aliphatic heterocycles. The zero-order chi connectivity index (χ0) is 22.5. The molecule has 2 aliphatic rings. The molecule has 0 saturated carbocycles. The number of pyridine rings is 1. The maximum absolute atomic E-state index is 13.3. The maximum atomic E-state index is 13.3. The first kappa shape index (κ1) is 21.7. The minimum absolute atomic E-state index is 0.0962. The number of aromatic nitrogens is 3. The summed E-state index contributed by atoms with van der Waals surface area (Å²) in [6, 6.07) is 4.02. The molecule has 1 aliphatic carbocycles. The van der Waals surface area contributed by atoms with E-state index >= 15 is 0 Å². The molecule has 2 aromatic rings. The van der Waals surface area contributed by atoms with Gasteiger partial charge in [0.1, 0.15) is 0 Å². The van der Waals surface area contributed by atoms with E-state index in [0.29, 0.717) is 31.1 Å². The van der Waals surface area contributed by atoms with Crippen LogP contribution in [0.5, 0.6) is 0 Å². The van der Waals surface area contributed by atoms with Gasteiger partial charge in [-0.25, -0.2) is 0 Å². The highest BCUT2D eigenvalue weighted by Gasteiger charge is 2.28. The summed E-state index contributed by atoms with van der Waals surface area (Å²) in [4.78, 5) is 24.7. The van der Waals surface area contributed by atoms with Crippen LogP contribution in [0.15, 0.2) is 30.1 Å². The Morgan fingerprint density at radius 1 is 1.44 bits per heavy atom. The van der Waals surface area contributed by atoms with E-state index in [0.717, 1.165) is 48.6 Å². The summed E-state index contributed by atoms with van der Waals surface area (Å²) in [5.41, 5.74) is 12.8. The van der Waals surface area contributed by atoms with Gasteiger partial charge >= 0.3 is 0 Å². The first-order valence-corrected chi connectivity index (χ1v) is 11.0. The van der Waals surface area contributed by atoms with Gasteiger partial charge in [0.15, 0.2) is 11.5 Å². The standard InChI is InChI=1S/C24H29N7O/c1-3-4-14-31-21(22(26-2)29-24(31)30-13-7-10-18(25)16-30)23(32)28-15-20-19(11-6-12-27-20)17-8-5-9-17/h5-6,11-12,18,26H,7-8,10,13-16,25H2,1-2H3,(H,28,32)/t18-/m1/s1. The van der Waals surface area contributed by atoms with Crippen LogP contribution in [0.25, 0.3) is 5.57 Å². The first-order chi connectivity index (χ1) is 15.6. The van der Waals surface area contributed by atoms with Crippen LogP contribution in [0.4, 0.5) is 11.8 Å². The predicted octanol–water partition coefficient (Wildman–Crippen LogP) is 2.14. The minimum atomic E-state index is -0.220. The van der Waals surface area contributed by atoms with Crippen molar-refractivity contribution < 1.29 is 4.79 Å². The Kier molecular flexibility index (Phi) is 6.60. The zero-order valence-corrected chi connectivity index (χ0v) is 18.6. The summed E-state index contributed by atoms with van der Waals surface area (Å²) in [6.45, 7) is 4.05. The van der Waals surface area contributed by atoms with Crippen molar-refractivity contribution in [3.63, 3.8) is 0 Å². The summed E-state index contributed by atoms with van der Waals surface area (Å²) in [5.74, 6) is 7.03. The van der Waals surface area contributed by atoms with Crippen LogP contribution in [0.1, 0.15) is 47.9 Å². The number of nitrogens with zero attached hydrogens (tertiary/aromatic N) is 4. The summed E-state index contributed by atoms with van der Waals surface area (Å²) in [7, 11) is 1.77. The third-order valence-electron chi connectivity index (χ3n) is 5.77. The highest BCUT2D eigenvalue weighted by atomic mass is 16.2. The number of imidazole rings is 1. The summed E-state index contributed by atoms with van der Waals surface area (Å²) < 4.78 is 1.88. The quantitative estimate of drug-likeness (QED) is 0.459. The van der Waals surface area contributed by atoms with Crippen molar-refractivity contribution in [1.29, 1.82) is 0 Å². The van der Waals surface area contributed by atoms with Gasteiger partial charge in [-0.1, -0.05) is 12.0 Å². The lowest BCUT2D eigenvalue weighted by Crippen LogP contribution is -2.44. The minimum Gasteiger partial charge on any atom is -0.371 e. The highest BCUT2D eigenvalue weighted by Crippen LogP contribution is 2.27. The molecule has 32 heavy (non-hydrogen) atoms. The summed E-state index contributed by atoms with van der Waals surface area (Å²) in [5, 5.41) is 6.11. The van der Waals surface area contributed by atoms with E-state index in [1.165, 1.54) is 0 Å². The number of amides is 1. The molecule has 1 saturated heterocycles. The third-order valence-corrected chi connectivity index (χ3v) is 5.77. The average Bonchev–Trinajstić information content (AvgIpc) is 3.14. The van der Waals surface area contributed by atoms with Crippen LogP contribution in [0.3, 0.4) is 0 Å². The number of nitrogens with one attached hydrogen (secondary N) is 2. The molecule has 0 aromatic carbocycles. The molecule has 0 bridgehead atoms. The smallest absolute Gasteiger partial charge is 0.272 e. The molecule has 166 valence electrons. The molecule has 2 aromatic heterocycles. The van der Waals surface area contributed by atoms with Gasteiger partial charge in [-0.2, -0.15) is 4.98 Å². The van der Waals surface area contributed by atoms with Crippen molar-refractivity contribution >= 4 is 23.2 Å². The Morgan fingerprint density at radius 3 is 2.97 bits per heavy atom. The highest BCUT2D eigenvalue weighted by molar-refractivity contribution is 5.98. The van der Waals surface area contributed by atoms with Crippen molar-refractivity contribution in [3.05, 3.63) is 47.1 Å². The SMILES string of the molecule is CC#CCn1c(N2CCC[C@@H](N)C2)nc(NC)c1C(=O)NCc1ncccc1C1=C=CC1. The zero-order valence-electron chi connectivity index (χ0n) is 18.6. The Labute approximate surface area is 188 Å². The normalized spacial score (nSPS) is 17.2. The first-order valence-electron chi connectivity index (χ1n) is 11.0. The Balaban J connectivity index is 1.62. The van der Waals surface area contributed by atoms with Gasteiger partial charge in [0.25, 0.3) is 5.91 Å². The second-order valence-electron chi connectivity index (χ2n) is 7.93. The molecule has 0 radical (unpaired) electrons. The van der Waals surface area contributed by atoms with Crippen molar-refractivity contribution in [3.8, 4) is 11.8 Å². The topological polar surface area (TPSA) is 101 Å². The van der Waals surface area contributed by atoms with Crippen molar-refractivity contribution in [2.75, 3.05) is 30.4 Å². The van der Waals surface area contributed by atoms with E-state index < -0.39 is 0 Å². The third kappa shape index (κ3) is 4.40. The fourth-order valence-electron chi connectivity index (χ4n) is 4.08. The number of rotatable bonds is 7. The lowest BCUT2D eigenvalue weighted by molar-refractivity contribution is 0.0942. The number of anilines is 2. The van der Waals surface area contributed by atoms with Gasteiger partial charge in [-0.15, -0.1) is 11.7 Å². The molecule has 1 amide bonds. The van der Waals surface area contributed by atoms with E-state index in [9.17, 15) is 4.79 Å². The number of piperidine rings is 1. The molecule has 1 fully saturated rings. The maximum Gasteiger partial charge on any atom is 0.272 e. The summed E-state index contributed by atoms with van der Waals surface area (Å²) >= 11 is 0. The molecular formula is C24H29N7O. The van der Waals surface area contributed by atoms with Gasteiger partial charge in [-0.3, -0.25) is 14.3 Å². The number of carbonyl (C=O) groups excluding carboxylic acids is 1. The fraction of sp³-hybridized carbons (Fsp3) is 0.417. The number of carbonyl (C=O) groups is 1. The largest absolute Gasteiger partial charge is 0.371 e. The molecular weight excluding hydrogens is 402 g/mol. The number of allylic oxidation sites excluding steroid dienone is 1. The molecule has 0 unspecified atom stereocenters. The second kappa shape index (κ2) is 9.73. The molecule has 8 heteroatoms. The van der Waals surface area contributed by atoms with Gasteiger partial charge < -0.3 is 21.3 Å². The van der Waals surface area contributed by atoms with E-state index in [4.69, 9.17) is 10.7 Å². The van der Waals surface area contributed by atoms with E-state index in [1.54, 1.807) is 20.2 Å². The van der Waals surface area contributed by atoms with Crippen LogP contribution in [0, 0.1) is 11.8 Å². The van der Waals surface area contributed by atoms with Crippen molar-refractivity contribution in [1.82, 2.24) is 19.9 Å². The monoisotopic (exact) mass is 431 g/mol. The fourth-order valence-corrected chi connectivity index (χ4v) is 4.08. The average molecular weight is 432 g/mol. The lowest BCUT2D eigenvalue weighted by Gasteiger charge is -2.31. The van der Waals surface area contributed by atoms with Crippen LogP contribution in [-0.4, -0.2) is 46.6 Å². The molecule has 1 atom stereocenters. The second-order valence-corrected chi connectivity index (χ2v) is 7.93. The van der Waals surface area contributed by atoms with Gasteiger partial charge in [0, 0.05) is 49.9 Å². The lowest BCUT2D eigenvalue weighted by atomic mass is 9.97. The molecule has 4 N–H and O–H groups in total. The van der Waals surface area contributed by atoms with E-state index in [1.807, 2.05) is 22.8 Å². The molecule has 0 spiro atoms. The van der Waals surface area contributed by atoms with Gasteiger partial charge in [0.2, 0.25) is 5.95 Å². The Hall–Kier alpha value is -3.53. The van der Waals surface area contributed by atoms with Crippen molar-refractivity contribution in [2.24, 2.45) is 5.73 Å².